The standard InChI is InChI=1S/C20H28N4O5/c1-22(10-8-15-6-7-17(27-2)18(11-15)28-3)16-5-4-9-23(12-16)19(25)13-24-14-20(26)29-21-24/h6-7,11,14,16H,4-5,8-10,12-13H2,1-3H3/p+1. The van der Waals surface area contributed by atoms with Crippen LogP contribution >= 0.6 is 0 Å². The molecule has 9 nitrogen and oxygen atoms in total. The Morgan fingerprint density at radius 1 is 1.34 bits per heavy atom. The Labute approximate surface area is 169 Å². The molecule has 1 N–H and O–H groups in total. The van der Waals surface area contributed by atoms with Gasteiger partial charge in [-0.15, -0.1) is 0 Å². The molecule has 1 saturated heterocycles. The summed E-state index contributed by atoms with van der Waals surface area (Å²) in [6.45, 7) is 2.38. The number of nitrogens with zero attached hydrogens (tertiary/aromatic N) is 3. The number of piperidine rings is 1. The van der Waals surface area contributed by atoms with Crippen molar-refractivity contribution in [1.29, 1.82) is 0 Å². The van der Waals surface area contributed by atoms with Crippen molar-refractivity contribution < 1.29 is 23.5 Å². The molecule has 158 valence electrons. The largest absolute Gasteiger partial charge is 0.493 e. The van der Waals surface area contributed by atoms with Gasteiger partial charge in [-0.25, -0.2) is 4.79 Å². The Bertz CT molecular complexity index is 878. The van der Waals surface area contributed by atoms with Gasteiger partial charge in [-0.05, 0) is 49.3 Å². The van der Waals surface area contributed by atoms with Crippen molar-refractivity contribution in [2.24, 2.45) is 0 Å². The van der Waals surface area contributed by atoms with Crippen molar-refractivity contribution in [1.82, 2.24) is 15.1 Å². The number of H-pyrrole nitrogens is 1. The normalized spacial score (nSPS) is 16.8. The molecule has 2 heterocycles. The maximum atomic E-state index is 12.6. The number of aromatic amines is 1. The zero-order chi connectivity index (χ0) is 20.8. The van der Waals surface area contributed by atoms with E-state index in [4.69, 9.17) is 9.47 Å². The molecule has 0 bridgehead atoms. The molecule has 1 aromatic heterocycles. The lowest BCUT2D eigenvalue weighted by molar-refractivity contribution is -0.751. The lowest BCUT2D eigenvalue weighted by Gasteiger charge is -2.37. The van der Waals surface area contributed by atoms with Crippen molar-refractivity contribution in [3.05, 3.63) is 40.4 Å². The predicted molar refractivity (Wildman–Crippen MR) is 105 cm³/mol. The van der Waals surface area contributed by atoms with Gasteiger partial charge in [0.25, 0.3) is 18.6 Å². The van der Waals surface area contributed by atoms with Crippen molar-refractivity contribution >= 4 is 5.91 Å². The monoisotopic (exact) mass is 405 g/mol. The van der Waals surface area contributed by atoms with Gasteiger partial charge in [0.1, 0.15) is 0 Å². The third kappa shape index (κ3) is 5.38. The molecule has 2 aromatic rings. The topological polar surface area (TPSA) is 91.9 Å². The van der Waals surface area contributed by atoms with E-state index in [0.717, 1.165) is 43.9 Å². The second-order valence-corrected chi connectivity index (χ2v) is 7.33. The lowest BCUT2D eigenvalue weighted by Crippen LogP contribution is -2.53. The molecular weight excluding hydrogens is 376 g/mol. The number of aromatic nitrogens is 2. The quantitative estimate of drug-likeness (QED) is 0.641. The van der Waals surface area contributed by atoms with Gasteiger partial charge in [0.15, 0.2) is 11.5 Å². The maximum absolute atomic E-state index is 12.6. The first kappa shape index (κ1) is 20.9. The molecule has 1 atom stereocenters. The number of methoxy groups -OCH3 is 2. The molecular formula is C20H29N4O5+. The number of benzene rings is 1. The molecule has 1 unspecified atom stereocenters. The minimum Gasteiger partial charge on any atom is -0.493 e. The molecule has 1 aliphatic rings. The van der Waals surface area contributed by atoms with E-state index in [0.29, 0.717) is 12.6 Å². The Morgan fingerprint density at radius 2 is 2.14 bits per heavy atom. The van der Waals surface area contributed by atoms with Crippen LogP contribution in [0.2, 0.25) is 0 Å². The highest BCUT2D eigenvalue weighted by atomic mass is 16.5. The number of ether oxygens (including phenoxy) is 2. The Balaban J connectivity index is 1.53. The minimum absolute atomic E-state index is 0.0231. The summed E-state index contributed by atoms with van der Waals surface area (Å²) in [7, 11) is 5.37. The van der Waals surface area contributed by atoms with E-state index in [2.05, 4.69) is 27.8 Å². The van der Waals surface area contributed by atoms with Crippen molar-refractivity contribution in [2.45, 2.75) is 31.8 Å². The van der Waals surface area contributed by atoms with Gasteiger partial charge in [-0.3, -0.25) is 9.32 Å². The summed E-state index contributed by atoms with van der Waals surface area (Å²) in [4.78, 5) is 27.8. The van der Waals surface area contributed by atoms with Crippen LogP contribution in [0.3, 0.4) is 0 Å². The van der Waals surface area contributed by atoms with Crippen LogP contribution < -0.4 is 19.8 Å². The first-order valence-corrected chi connectivity index (χ1v) is 9.77. The predicted octanol–water partition coefficient (Wildman–Crippen LogP) is 0.438. The Hall–Kier alpha value is -2.81. The zero-order valence-electron chi connectivity index (χ0n) is 17.2. The Kier molecular flexibility index (Phi) is 6.92. The maximum Gasteiger partial charge on any atom is 0.426 e. The number of nitrogens with one attached hydrogen (secondary N) is 1. The number of carbonyl (C=O) groups excluding carboxylic acids is 1. The number of hydrogen-bond acceptors (Lipinski definition) is 6. The van der Waals surface area contributed by atoms with E-state index in [-0.39, 0.29) is 12.5 Å². The second-order valence-electron chi connectivity index (χ2n) is 7.33. The van der Waals surface area contributed by atoms with Crippen molar-refractivity contribution in [3.63, 3.8) is 0 Å². The summed E-state index contributed by atoms with van der Waals surface area (Å²) in [6.07, 6.45) is 4.15. The number of hydrogen-bond donors (Lipinski definition) is 1. The number of carbonyl (C=O) groups is 1. The van der Waals surface area contributed by atoms with Crippen LogP contribution in [0.1, 0.15) is 18.4 Å². The van der Waals surface area contributed by atoms with E-state index in [1.807, 2.05) is 17.0 Å². The summed E-state index contributed by atoms with van der Waals surface area (Å²) in [6, 6.07) is 6.29. The zero-order valence-corrected chi connectivity index (χ0v) is 17.2. The Morgan fingerprint density at radius 3 is 2.83 bits per heavy atom. The van der Waals surface area contributed by atoms with E-state index in [1.165, 1.54) is 16.4 Å². The molecule has 1 aromatic carbocycles. The van der Waals surface area contributed by atoms with Crippen molar-refractivity contribution in [3.8, 4) is 11.5 Å². The first-order chi connectivity index (χ1) is 14.0. The fraction of sp³-hybridized carbons (Fsp3) is 0.550. The lowest BCUT2D eigenvalue weighted by atomic mass is 10.0. The third-order valence-electron chi connectivity index (χ3n) is 5.40. The first-order valence-electron chi connectivity index (χ1n) is 9.77. The van der Waals surface area contributed by atoms with Gasteiger partial charge in [0.2, 0.25) is 0 Å². The average molecular weight is 405 g/mol. The number of rotatable bonds is 8. The molecule has 29 heavy (non-hydrogen) atoms. The molecule has 1 amide bonds. The molecule has 0 radical (unpaired) electrons. The summed E-state index contributed by atoms with van der Waals surface area (Å²) in [5.41, 5.74) is 0.683. The number of likely N-dealkylation sites (N-methyl/N-ethyl adjacent to an activating group) is 1. The highest BCUT2D eigenvalue weighted by Gasteiger charge is 2.28. The molecule has 1 fully saturated rings. The summed E-state index contributed by atoms with van der Waals surface area (Å²) >= 11 is 0. The highest BCUT2D eigenvalue weighted by molar-refractivity contribution is 5.74. The molecule has 0 saturated carbocycles. The van der Waals surface area contributed by atoms with Crippen LogP contribution in [0.4, 0.5) is 0 Å². The minimum atomic E-state index is -0.496. The second kappa shape index (κ2) is 9.60. The van der Waals surface area contributed by atoms with Gasteiger partial charge < -0.3 is 19.3 Å². The SMILES string of the molecule is COc1ccc(CCN(C)C2CCCN(C(=O)C[n+]3cc(=O)o[nH]3)C2)cc1OC. The van der Waals surface area contributed by atoms with Gasteiger partial charge >= 0.3 is 5.63 Å². The smallest absolute Gasteiger partial charge is 0.426 e. The molecule has 0 spiro atoms. The molecule has 3 rings (SSSR count). The number of likely N-dealkylation sites (tertiary alicyclic amines) is 1. The fourth-order valence-corrected chi connectivity index (χ4v) is 3.67. The van der Waals surface area contributed by atoms with Crippen LogP contribution in [0.15, 0.2) is 33.7 Å². The van der Waals surface area contributed by atoms with Gasteiger partial charge in [-0.2, -0.15) is 0 Å². The fourth-order valence-electron chi connectivity index (χ4n) is 3.67. The van der Waals surface area contributed by atoms with E-state index in [9.17, 15) is 9.59 Å². The number of amides is 1. The molecule has 9 heteroatoms. The summed E-state index contributed by atoms with van der Waals surface area (Å²) < 4.78 is 16.6. The van der Waals surface area contributed by atoms with Gasteiger partial charge in [0.05, 0.1) is 14.2 Å². The summed E-state index contributed by atoms with van der Waals surface area (Å²) in [5.74, 6) is 1.43. The average Bonchev–Trinajstić information content (AvgIpc) is 3.16. The van der Waals surface area contributed by atoms with E-state index < -0.39 is 5.63 Å². The molecule has 1 aliphatic heterocycles. The van der Waals surface area contributed by atoms with E-state index >= 15 is 0 Å². The van der Waals surface area contributed by atoms with Crippen LogP contribution in [-0.2, 0) is 17.8 Å². The highest BCUT2D eigenvalue weighted by Crippen LogP contribution is 2.27. The van der Waals surface area contributed by atoms with Crippen LogP contribution in [-0.4, -0.2) is 67.9 Å². The van der Waals surface area contributed by atoms with E-state index in [1.54, 1.807) is 14.2 Å². The van der Waals surface area contributed by atoms with Crippen LogP contribution in [0.25, 0.3) is 0 Å². The summed E-state index contributed by atoms with van der Waals surface area (Å²) in [5, 5.41) is 2.42. The van der Waals surface area contributed by atoms with Gasteiger partial charge in [0, 0.05) is 25.7 Å². The van der Waals surface area contributed by atoms with Crippen LogP contribution in [0, 0.1) is 0 Å². The van der Waals surface area contributed by atoms with Crippen molar-refractivity contribution in [2.75, 3.05) is 40.9 Å². The van der Waals surface area contributed by atoms with Crippen LogP contribution in [0.5, 0.6) is 11.5 Å². The molecule has 0 aliphatic carbocycles. The van der Waals surface area contributed by atoms with Gasteiger partial charge in [-0.1, -0.05) is 10.7 Å². The third-order valence-corrected chi connectivity index (χ3v) is 5.40.